The molecule has 0 fully saturated rings. The van der Waals surface area contributed by atoms with Crippen molar-refractivity contribution in [2.75, 3.05) is 26.4 Å². The Labute approximate surface area is 72.9 Å². The number of amides is 1. The van der Waals surface area contributed by atoms with Gasteiger partial charge < -0.3 is 15.2 Å². The highest BCUT2D eigenvalue weighted by Gasteiger charge is 1.98. The lowest BCUT2D eigenvalue weighted by molar-refractivity contribution is -0.121. The van der Waals surface area contributed by atoms with Crippen molar-refractivity contribution in [2.24, 2.45) is 0 Å². The fraction of sp³-hybridized carbons (Fsp3) is 0.875. The number of aliphatic hydroxyl groups excluding tert-OH is 1. The molecule has 0 aliphatic rings. The molecule has 0 spiro atoms. The normalized spacial score (nSPS) is 9.83. The first-order chi connectivity index (χ1) is 5.81. The third-order valence-electron chi connectivity index (χ3n) is 1.33. The quantitative estimate of drug-likeness (QED) is 0.532. The van der Waals surface area contributed by atoms with Gasteiger partial charge in [-0.25, -0.2) is 0 Å². The Morgan fingerprint density at radius 2 is 2.33 bits per heavy atom. The van der Waals surface area contributed by atoms with Gasteiger partial charge in [-0.2, -0.15) is 0 Å². The van der Waals surface area contributed by atoms with E-state index in [-0.39, 0.29) is 12.5 Å². The van der Waals surface area contributed by atoms with Gasteiger partial charge in [0.15, 0.2) is 0 Å². The summed E-state index contributed by atoms with van der Waals surface area (Å²) in [5.74, 6) is -0.0243. The van der Waals surface area contributed by atoms with Crippen molar-refractivity contribution >= 4 is 5.91 Å². The topological polar surface area (TPSA) is 58.6 Å². The van der Waals surface area contributed by atoms with Crippen LogP contribution >= 0.6 is 0 Å². The Kier molecular flexibility index (Phi) is 8.05. The van der Waals surface area contributed by atoms with Crippen LogP contribution in [0, 0.1) is 0 Å². The summed E-state index contributed by atoms with van der Waals surface area (Å²) in [6.07, 6.45) is 1.21. The Hall–Kier alpha value is -0.610. The molecule has 0 atom stereocenters. The minimum atomic E-state index is -0.0243. The van der Waals surface area contributed by atoms with Crippen LogP contribution in [0.15, 0.2) is 0 Å². The fourth-order valence-corrected chi connectivity index (χ4v) is 0.763. The molecule has 0 unspecified atom stereocenters. The van der Waals surface area contributed by atoms with Gasteiger partial charge in [-0.15, -0.1) is 0 Å². The molecule has 1 amide bonds. The zero-order valence-electron chi connectivity index (χ0n) is 7.51. The van der Waals surface area contributed by atoms with Crippen molar-refractivity contribution in [2.45, 2.75) is 19.8 Å². The highest BCUT2D eigenvalue weighted by Crippen LogP contribution is 1.89. The number of ether oxygens (including phenoxy) is 1. The molecule has 0 rings (SSSR count). The van der Waals surface area contributed by atoms with Gasteiger partial charge in [0.25, 0.3) is 0 Å². The first-order valence-electron chi connectivity index (χ1n) is 4.26. The summed E-state index contributed by atoms with van der Waals surface area (Å²) < 4.78 is 5.06. The minimum Gasteiger partial charge on any atom is -0.395 e. The van der Waals surface area contributed by atoms with Crippen LogP contribution < -0.4 is 5.32 Å². The number of carbonyl (C=O) groups excluding carboxylic acids is 1. The lowest BCUT2D eigenvalue weighted by Gasteiger charge is -2.02. The summed E-state index contributed by atoms with van der Waals surface area (Å²) in [7, 11) is 0. The van der Waals surface area contributed by atoms with E-state index in [0.717, 1.165) is 6.42 Å². The minimum absolute atomic E-state index is 0.00278. The van der Waals surface area contributed by atoms with Crippen molar-refractivity contribution in [1.82, 2.24) is 5.32 Å². The van der Waals surface area contributed by atoms with Crippen LogP contribution in [0.3, 0.4) is 0 Å². The molecule has 2 N–H and O–H groups in total. The van der Waals surface area contributed by atoms with Gasteiger partial charge in [-0.05, 0) is 13.3 Å². The van der Waals surface area contributed by atoms with Gasteiger partial charge in [0.2, 0.25) is 5.91 Å². The zero-order valence-corrected chi connectivity index (χ0v) is 7.51. The zero-order chi connectivity index (χ0) is 9.23. The van der Waals surface area contributed by atoms with Gasteiger partial charge in [0, 0.05) is 26.2 Å². The Bertz CT molecular complexity index is 117. The van der Waals surface area contributed by atoms with E-state index in [1.807, 2.05) is 6.92 Å². The monoisotopic (exact) mass is 175 g/mol. The van der Waals surface area contributed by atoms with Gasteiger partial charge in [0.1, 0.15) is 0 Å². The Morgan fingerprint density at radius 1 is 1.58 bits per heavy atom. The van der Waals surface area contributed by atoms with Gasteiger partial charge in [-0.1, -0.05) is 0 Å². The second kappa shape index (κ2) is 8.49. The molecular weight excluding hydrogens is 158 g/mol. The second-order valence-corrected chi connectivity index (χ2v) is 2.37. The number of aliphatic hydroxyl groups is 1. The number of nitrogens with one attached hydrogen (secondary N) is 1. The number of hydrogen-bond donors (Lipinski definition) is 2. The molecule has 0 bridgehead atoms. The molecule has 0 aromatic carbocycles. The predicted octanol–water partition coefficient (Wildman–Crippen LogP) is -0.0884. The number of hydrogen-bond acceptors (Lipinski definition) is 3. The smallest absolute Gasteiger partial charge is 0.220 e. The molecule has 72 valence electrons. The lowest BCUT2D eigenvalue weighted by Crippen LogP contribution is -2.26. The fourth-order valence-electron chi connectivity index (χ4n) is 0.763. The molecule has 0 radical (unpaired) electrons. The van der Waals surface area contributed by atoms with Crippen LogP contribution in [0.25, 0.3) is 0 Å². The summed E-state index contributed by atoms with van der Waals surface area (Å²) >= 11 is 0. The highest BCUT2D eigenvalue weighted by atomic mass is 16.5. The molecule has 4 nitrogen and oxygen atoms in total. The molecular formula is C8H17NO3. The van der Waals surface area contributed by atoms with E-state index in [2.05, 4.69) is 5.32 Å². The molecule has 0 aliphatic heterocycles. The Morgan fingerprint density at radius 3 is 2.92 bits per heavy atom. The van der Waals surface area contributed by atoms with Crippen LogP contribution in [0.2, 0.25) is 0 Å². The summed E-state index contributed by atoms with van der Waals surface area (Å²) in [6.45, 7) is 3.58. The largest absolute Gasteiger partial charge is 0.395 e. The third-order valence-corrected chi connectivity index (χ3v) is 1.33. The lowest BCUT2D eigenvalue weighted by atomic mass is 10.3. The maximum atomic E-state index is 10.9. The molecule has 0 saturated carbocycles. The van der Waals surface area contributed by atoms with Gasteiger partial charge >= 0.3 is 0 Å². The molecule has 0 saturated heterocycles. The Balaban J connectivity index is 3.08. The van der Waals surface area contributed by atoms with Crippen LogP contribution in [0.4, 0.5) is 0 Å². The summed E-state index contributed by atoms with van der Waals surface area (Å²) in [4.78, 5) is 10.9. The first kappa shape index (κ1) is 11.4. The van der Waals surface area contributed by atoms with E-state index in [9.17, 15) is 4.79 Å². The SMILES string of the molecule is CCOCCCC(=O)NCCO. The van der Waals surface area contributed by atoms with Gasteiger partial charge in [0.05, 0.1) is 6.61 Å². The predicted molar refractivity (Wildman–Crippen MR) is 45.8 cm³/mol. The highest BCUT2D eigenvalue weighted by molar-refractivity contribution is 5.75. The van der Waals surface area contributed by atoms with E-state index >= 15 is 0 Å². The molecule has 0 aromatic heterocycles. The van der Waals surface area contributed by atoms with E-state index < -0.39 is 0 Å². The molecule has 0 heterocycles. The number of carbonyl (C=O) groups is 1. The number of rotatable bonds is 7. The van der Waals surface area contributed by atoms with E-state index in [1.165, 1.54) is 0 Å². The molecule has 0 aromatic rings. The maximum absolute atomic E-state index is 10.9. The van der Waals surface area contributed by atoms with Crippen LogP contribution in [0.1, 0.15) is 19.8 Å². The molecule has 4 heteroatoms. The van der Waals surface area contributed by atoms with E-state index in [0.29, 0.717) is 26.2 Å². The van der Waals surface area contributed by atoms with Crippen LogP contribution in [-0.2, 0) is 9.53 Å². The van der Waals surface area contributed by atoms with Crippen molar-refractivity contribution in [3.8, 4) is 0 Å². The van der Waals surface area contributed by atoms with Crippen molar-refractivity contribution in [1.29, 1.82) is 0 Å². The van der Waals surface area contributed by atoms with Gasteiger partial charge in [-0.3, -0.25) is 4.79 Å². The average molecular weight is 175 g/mol. The first-order valence-corrected chi connectivity index (χ1v) is 4.26. The van der Waals surface area contributed by atoms with E-state index in [4.69, 9.17) is 9.84 Å². The van der Waals surface area contributed by atoms with Crippen molar-refractivity contribution in [3.05, 3.63) is 0 Å². The van der Waals surface area contributed by atoms with Crippen molar-refractivity contribution < 1.29 is 14.6 Å². The van der Waals surface area contributed by atoms with E-state index in [1.54, 1.807) is 0 Å². The summed E-state index contributed by atoms with van der Waals surface area (Å²) in [5, 5.41) is 11.0. The second-order valence-electron chi connectivity index (χ2n) is 2.37. The molecule has 0 aliphatic carbocycles. The van der Waals surface area contributed by atoms with Crippen LogP contribution in [0.5, 0.6) is 0 Å². The standard InChI is InChI=1S/C8H17NO3/c1-2-12-7-3-4-8(11)9-5-6-10/h10H,2-7H2,1H3,(H,9,11). The third kappa shape index (κ3) is 7.50. The molecule has 12 heavy (non-hydrogen) atoms. The average Bonchev–Trinajstić information content (AvgIpc) is 2.09. The maximum Gasteiger partial charge on any atom is 0.220 e. The summed E-state index contributed by atoms with van der Waals surface area (Å²) in [5.41, 5.74) is 0. The van der Waals surface area contributed by atoms with Crippen molar-refractivity contribution in [3.63, 3.8) is 0 Å². The summed E-state index contributed by atoms with van der Waals surface area (Å²) in [6, 6.07) is 0. The van der Waals surface area contributed by atoms with Crippen LogP contribution in [-0.4, -0.2) is 37.4 Å².